The molecule has 0 bridgehead atoms. The quantitative estimate of drug-likeness (QED) is 0.792. The Hall–Kier alpha value is -1.35. The van der Waals surface area contributed by atoms with Crippen molar-refractivity contribution < 1.29 is 4.74 Å². The lowest BCUT2D eigenvalue weighted by Gasteiger charge is -2.23. The highest BCUT2D eigenvalue weighted by molar-refractivity contribution is 5.94. The van der Waals surface area contributed by atoms with Gasteiger partial charge >= 0.3 is 0 Å². The van der Waals surface area contributed by atoms with Crippen molar-refractivity contribution in [2.24, 2.45) is 5.10 Å². The molecule has 1 fully saturated rings. The Morgan fingerprint density at radius 2 is 1.76 bits per heavy atom. The minimum absolute atomic E-state index is 0.124. The minimum atomic E-state index is -0.286. The highest BCUT2D eigenvalue weighted by Crippen LogP contribution is 2.34. The first-order valence-corrected chi connectivity index (χ1v) is 5.97. The van der Waals surface area contributed by atoms with E-state index in [0.717, 1.165) is 17.8 Å². The first-order chi connectivity index (χ1) is 7.89. The second-order valence-corrected chi connectivity index (χ2v) is 5.59. The summed E-state index contributed by atoms with van der Waals surface area (Å²) in [5.74, 6) is 0. The molecule has 0 radical (unpaired) electrons. The Morgan fingerprint density at radius 1 is 1.12 bits per heavy atom. The van der Waals surface area contributed by atoms with Crippen LogP contribution in [0.5, 0.6) is 0 Å². The zero-order valence-electron chi connectivity index (χ0n) is 10.9. The topological polar surface area (TPSA) is 33.6 Å². The summed E-state index contributed by atoms with van der Waals surface area (Å²) in [7, 11) is 0. The number of hydrogen-bond donors (Lipinski definition) is 1. The highest BCUT2D eigenvalue weighted by atomic mass is 16.5. The van der Waals surface area contributed by atoms with Crippen LogP contribution >= 0.6 is 0 Å². The Balaban J connectivity index is 2.13. The number of rotatable bonds is 2. The minimum Gasteiger partial charge on any atom is -0.363 e. The lowest BCUT2D eigenvalue weighted by molar-refractivity contribution is -0.0515. The molecular weight excluding hydrogens is 212 g/mol. The molecule has 0 amide bonds. The Morgan fingerprint density at radius 3 is 2.29 bits per heavy atom. The van der Waals surface area contributed by atoms with Crippen molar-refractivity contribution in [2.75, 3.05) is 5.43 Å². The van der Waals surface area contributed by atoms with E-state index in [1.54, 1.807) is 0 Å². The van der Waals surface area contributed by atoms with E-state index < -0.39 is 0 Å². The monoisotopic (exact) mass is 232 g/mol. The van der Waals surface area contributed by atoms with E-state index in [0.29, 0.717) is 0 Å². The molecule has 0 unspecified atom stereocenters. The molecule has 1 N–H and O–H groups in total. The van der Waals surface area contributed by atoms with Crippen LogP contribution in [-0.2, 0) is 4.74 Å². The zero-order chi connectivity index (χ0) is 12.5. The first-order valence-electron chi connectivity index (χ1n) is 5.97. The third-order valence-corrected chi connectivity index (χ3v) is 2.91. The van der Waals surface area contributed by atoms with Gasteiger partial charge in [-0.2, -0.15) is 5.10 Å². The first kappa shape index (κ1) is 12.1. The van der Waals surface area contributed by atoms with Crippen LogP contribution in [-0.4, -0.2) is 16.9 Å². The summed E-state index contributed by atoms with van der Waals surface area (Å²) in [6.07, 6.45) is 0.861. The number of para-hydroxylation sites is 1. The molecule has 1 saturated heterocycles. The summed E-state index contributed by atoms with van der Waals surface area (Å²) in [6, 6.07) is 9.96. The molecular formula is C14H20N2O. The maximum absolute atomic E-state index is 5.97. The van der Waals surface area contributed by atoms with Gasteiger partial charge in [-0.15, -0.1) is 0 Å². The van der Waals surface area contributed by atoms with Gasteiger partial charge in [0, 0.05) is 6.42 Å². The van der Waals surface area contributed by atoms with Gasteiger partial charge in [-0.25, -0.2) is 0 Å². The number of ether oxygens (including phenoxy) is 1. The fourth-order valence-corrected chi connectivity index (χ4v) is 2.22. The summed E-state index contributed by atoms with van der Waals surface area (Å²) in [4.78, 5) is 0. The number of anilines is 1. The van der Waals surface area contributed by atoms with Gasteiger partial charge in [0.05, 0.1) is 17.0 Å². The summed E-state index contributed by atoms with van der Waals surface area (Å²) >= 11 is 0. The molecule has 3 heteroatoms. The van der Waals surface area contributed by atoms with Crippen LogP contribution in [0.3, 0.4) is 0 Å². The Labute approximate surface area is 103 Å². The van der Waals surface area contributed by atoms with Gasteiger partial charge in [-0.1, -0.05) is 18.2 Å². The van der Waals surface area contributed by atoms with Crippen LogP contribution in [0.4, 0.5) is 5.69 Å². The van der Waals surface area contributed by atoms with E-state index in [2.05, 4.69) is 38.2 Å². The van der Waals surface area contributed by atoms with Crippen LogP contribution in [0.15, 0.2) is 35.4 Å². The van der Waals surface area contributed by atoms with Gasteiger partial charge in [-0.3, -0.25) is 5.43 Å². The molecule has 1 aliphatic rings. The standard InChI is InChI=1S/C14H20N2O/c1-13(2)10-12(14(3,4)17-13)16-15-11-8-6-5-7-9-11/h5-9,15H,10H2,1-4H3/b16-12+. The molecule has 1 aromatic rings. The van der Waals surface area contributed by atoms with Crippen LogP contribution < -0.4 is 5.43 Å². The molecule has 1 aliphatic heterocycles. The normalized spacial score (nSPS) is 23.9. The van der Waals surface area contributed by atoms with Crippen LogP contribution in [0.25, 0.3) is 0 Å². The van der Waals surface area contributed by atoms with Crippen molar-refractivity contribution in [3.8, 4) is 0 Å². The molecule has 0 saturated carbocycles. The van der Waals surface area contributed by atoms with Crippen molar-refractivity contribution >= 4 is 11.4 Å². The van der Waals surface area contributed by atoms with Gasteiger partial charge in [-0.05, 0) is 39.8 Å². The highest BCUT2D eigenvalue weighted by Gasteiger charge is 2.43. The van der Waals surface area contributed by atoms with E-state index in [4.69, 9.17) is 4.74 Å². The maximum Gasteiger partial charge on any atom is 0.103 e. The summed E-state index contributed by atoms with van der Waals surface area (Å²) in [6.45, 7) is 8.32. The Bertz CT molecular complexity index is 421. The zero-order valence-corrected chi connectivity index (χ0v) is 10.9. The molecule has 92 valence electrons. The van der Waals surface area contributed by atoms with Crippen molar-refractivity contribution in [2.45, 2.75) is 45.3 Å². The molecule has 1 aromatic carbocycles. The molecule has 0 aromatic heterocycles. The fourth-order valence-electron chi connectivity index (χ4n) is 2.22. The molecule has 2 rings (SSSR count). The maximum atomic E-state index is 5.97. The lowest BCUT2D eigenvalue weighted by atomic mass is 9.98. The lowest BCUT2D eigenvalue weighted by Crippen LogP contribution is -2.30. The van der Waals surface area contributed by atoms with Crippen molar-refractivity contribution in [1.29, 1.82) is 0 Å². The predicted octanol–water partition coefficient (Wildman–Crippen LogP) is 3.43. The Kier molecular flexibility index (Phi) is 2.96. The second-order valence-electron chi connectivity index (χ2n) is 5.59. The third-order valence-electron chi connectivity index (χ3n) is 2.91. The van der Waals surface area contributed by atoms with Crippen LogP contribution in [0.1, 0.15) is 34.1 Å². The molecule has 3 nitrogen and oxygen atoms in total. The van der Waals surface area contributed by atoms with E-state index in [-0.39, 0.29) is 11.2 Å². The number of benzene rings is 1. The SMILES string of the molecule is CC1(C)C/C(=N\Nc2ccccc2)C(C)(C)O1. The smallest absolute Gasteiger partial charge is 0.103 e. The molecule has 0 spiro atoms. The van der Waals surface area contributed by atoms with Gasteiger partial charge in [0.15, 0.2) is 0 Å². The second kappa shape index (κ2) is 4.15. The van der Waals surface area contributed by atoms with E-state index in [1.165, 1.54) is 0 Å². The molecule has 17 heavy (non-hydrogen) atoms. The average Bonchev–Trinajstić information content (AvgIpc) is 2.45. The molecule has 1 heterocycles. The molecule has 0 aliphatic carbocycles. The fraction of sp³-hybridized carbons (Fsp3) is 0.500. The van der Waals surface area contributed by atoms with Gasteiger partial charge in [0.25, 0.3) is 0 Å². The third kappa shape index (κ3) is 2.86. The number of hydrazone groups is 1. The van der Waals surface area contributed by atoms with Crippen molar-refractivity contribution in [3.63, 3.8) is 0 Å². The van der Waals surface area contributed by atoms with E-state index >= 15 is 0 Å². The molecule has 0 atom stereocenters. The van der Waals surface area contributed by atoms with Crippen molar-refractivity contribution in [3.05, 3.63) is 30.3 Å². The summed E-state index contributed by atoms with van der Waals surface area (Å²) < 4.78 is 5.97. The average molecular weight is 232 g/mol. The number of hydrogen-bond acceptors (Lipinski definition) is 3. The van der Waals surface area contributed by atoms with E-state index in [1.807, 2.05) is 30.3 Å². The van der Waals surface area contributed by atoms with Crippen LogP contribution in [0.2, 0.25) is 0 Å². The summed E-state index contributed by atoms with van der Waals surface area (Å²) in [5.41, 5.74) is 4.74. The largest absolute Gasteiger partial charge is 0.363 e. The van der Waals surface area contributed by atoms with Crippen LogP contribution in [0, 0.1) is 0 Å². The van der Waals surface area contributed by atoms with E-state index in [9.17, 15) is 0 Å². The van der Waals surface area contributed by atoms with Gasteiger partial charge < -0.3 is 4.74 Å². The number of nitrogens with one attached hydrogen (secondary N) is 1. The van der Waals surface area contributed by atoms with Gasteiger partial charge in [0.2, 0.25) is 0 Å². The summed E-state index contributed by atoms with van der Waals surface area (Å²) in [5, 5.41) is 4.48. The van der Waals surface area contributed by atoms with Crippen molar-refractivity contribution in [1.82, 2.24) is 0 Å². The number of nitrogens with zero attached hydrogens (tertiary/aromatic N) is 1. The van der Waals surface area contributed by atoms with Gasteiger partial charge in [0.1, 0.15) is 5.60 Å². The predicted molar refractivity (Wildman–Crippen MR) is 71.4 cm³/mol.